The number of anilines is 1. The molecule has 1 N–H and O–H groups in total. The van der Waals surface area contributed by atoms with E-state index in [0.29, 0.717) is 29.4 Å². The van der Waals surface area contributed by atoms with Crippen molar-refractivity contribution < 1.29 is 14.5 Å². The molecule has 2 amide bonds. The van der Waals surface area contributed by atoms with E-state index in [2.05, 4.69) is 10.4 Å². The quantitative estimate of drug-likeness (QED) is 0.622. The summed E-state index contributed by atoms with van der Waals surface area (Å²) in [6.45, 7) is 1.15. The van der Waals surface area contributed by atoms with Crippen molar-refractivity contribution in [1.29, 1.82) is 0 Å². The van der Waals surface area contributed by atoms with Crippen LogP contribution in [0.5, 0.6) is 0 Å². The molecule has 1 fully saturated rings. The minimum absolute atomic E-state index is 0.156. The standard InChI is InChI=1S/C17H18ClN5O4/c18-12-4-5-13(17(25)21-7-2-1-3-8-21)14(10-12)19-16(24)11-22-9-6-15(20-22)23(26)27/h4-6,9-10H,1-3,7-8,11H2,(H,19,24). The molecular formula is C17H18ClN5O4. The van der Waals surface area contributed by atoms with Gasteiger partial charge in [-0.3, -0.25) is 9.59 Å². The molecule has 1 aliphatic heterocycles. The summed E-state index contributed by atoms with van der Waals surface area (Å²) in [6.07, 6.45) is 4.36. The second kappa shape index (κ2) is 8.17. The minimum atomic E-state index is -0.638. The summed E-state index contributed by atoms with van der Waals surface area (Å²) >= 11 is 6.02. The molecule has 0 bridgehead atoms. The molecule has 10 heteroatoms. The number of nitro groups is 1. The van der Waals surface area contributed by atoms with E-state index in [4.69, 9.17) is 11.6 Å². The van der Waals surface area contributed by atoms with Crippen molar-refractivity contribution in [2.45, 2.75) is 25.8 Å². The minimum Gasteiger partial charge on any atom is -0.358 e. The van der Waals surface area contributed by atoms with Gasteiger partial charge >= 0.3 is 5.82 Å². The topological polar surface area (TPSA) is 110 Å². The van der Waals surface area contributed by atoms with Crippen molar-refractivity contribution in [2.24, 2.45) is 0 Å². The molecule has 0 aliphatic carbocycles. The molecule has 0 saturated carbocycles. The SMILES string of the molecule is O=C(Cn1ccc([N+](=O)[O-])n1)Nc1cc(Cl)ccc1C(=O)N1CCCCC1. The first-order chi connectivity index (χ1) is 12.9. The van der Waals surface area contributed by atoms with Crippen LogP contribution in [0.3, 0.4) is 0 Å². The van der Waals surface area contributed by atoms with Crippen LogP contribution >= 0.6 is 11.6 Å². The number of benzene rings is 1. The van der Waals surface area contributed by atoms with E-state index >= 15 is 0 Å². The van der Waals surface area contributed by atoms with Crippen LogP contribution in [0.4, 0.5) is 11.5 Å². The Hall–Kier alpha value is -2.94. The number of nitrogens with one attached hydrogen (secondary N) is 1. The summed E-state index contributed by atoms with van der Waals surface area (Å²) in [6, 6.07) is 5.92. The number of rotatable bonds is 5. The summed E-state index contributed by atoms with van der Waals surface area (Å²) in [7, 11) is 0. The number of hydrogen-bond acceptors (Lipinski definition) is 5. The highest BCUT2D eigenvalue weighted by Crippen LogP contribution is 2.24. The van der Waals surface area contributed by atoms with Crippen LogP contribution in [0.25, 0.3) is 0 Å². The van der Waals surface area contributed by atoms with Crippen molar-refractivity contribution in [3.63, 3.8) is 0 Å². The lowest BCUT2D eigenvalue weighted by atomic mass is 10.1. The molecule has 3 rings (SSSR count). The fraction of sp³-hybridized carbons (Fsp3) is 0.353. The van der Waals surface area contributed by atoms with E-state index in [1.165, 1.54) is 18.3 Å². The molecule has 1 aromatic heterocycles. The molecular weight excluding hydrogens is 374 g/mol. The summed E-state index contributed by atoms with van der Waals surface area (Å²) < 4.78 is 1.16. The number of likely N-dealkylation sites (tertiary alicyclic amines) is 1. The average molecular weight is 392 g/mol. The first-order valence-electron chi connectivity index (χ1n) is 8.50. The monoisotopic (exact) mass is 391 g/mol. The Bertz CT molecular complexity index is 876. The van der Waals surface area contributed by atoms with Crippen molar-refractivity contribution in [3.8, 4) is 0 Å². The Morgan fingerprint density at radius 2 is 1.96 bits per heavy atom. The van der Waals surface area contributed by atoms with Crippen molar-refractivity contribution in [1.82, 2.24) is 14.7 Å². The fourth-order valence-corrected chi connectivity index (χ4v) is 3.12. The van der Waals surface area contributed by atoms with Gasteiger partial charge < -0.3 is 20.3 Å². The van der Waals surface area contributed by atoms with Gasteiger partial charge in [0.25, 0.3) is 5.91 Å². The number of halogens is 1. The van der Waals surface area contributed by atoms with Gasteiger partial charge in [0.1, 0.15) is 6.54 Å². The van der Waals surface area contributed by atoms with Crippen LogP contribution in [0, 0.1) is 10.1 Å². The average Bonchev–Trinajstić information content (AvgIpc) is 3.11. The van der Waals surface area contributed by atoms with Crippen LogP contribution in [-0.4, -0.2) is 44.5 Å². The number of amides is 2. The van der Waals surface area contributed by atoms with Gasteiger partial charge in [0.2, 0.25) is 5.91 Å². The van der Waals surface area contributed by atoms with Crippen molar-refractivity contribution in [2.75, 3.05) is 18.4 Å². The third-order valence-electron chi connectivity index (χ3n) is 4.25. The Balaban J connectivity index is 1.74. The van der Waals surface area contributed by atoms with E-state index in [1.54, 1.807) is 17.0 Å². The highest BCUT2D eigenvalue weighted by atomic mass is 35.5. The maximum absolute atomic E-state index is 12.8. The van der Waals surface area contributed by atoms with Gasteiger partial charge in [-0.05, 0) is 42.4 Å². The lowest BCUT2D eigenvalue weighted by molar-refractivity contribution is -0.389. The molecule has 2 aromatic rings. The molecule has 142 valence electrons. The van der Waals surface area contributed by atoms with Gasteiger partial charge in [-0.25, -0.2) is 0 Å². The largest absolute Gasteiger partial charge is 0.389 e. The molecule has 27 heavy (non-hydrogen) atoms. The lowest BCUT2D eigenvalue weighted by Crippen LogP contribution is -2.36. The predicted octanol–water partition coefficient (Wildman–Crippen LogP) is 2.71. The second-order valence-electron chi connectivity index (χ2n) is 6.22. The molecule has 0 radical (unpaired) electrons. The molecule has 2 heterocycles. The fourth-order valence-electron chi connectivity index (χ4n) is 2.95. The Morgan fingerprint density at radius 3 is 2.63 bits per heavy atom. The van der Waals surface area contributed by atoms with Gasteiger partial charge in [0.05, 0.1) is 28.6 Å². The molecule has 9 nitrogen and oxygen atoms in total. The summed E-state index contributed by atoms with van der Waals surface area (Å²) in [5.74, 6) is -0.967. The zero-order chi connectivity index (χ0) is 19.4. The van der Waals surface area contributed by atoms with Crippen LogP contribution in [-0.2, 0) is 11.3 Å². The van der Waals surface area contributed by atoms with E-state index in [0.717, 1.165) is 23.9 Å². The Morgan fingerprint density at radius 1 is 1.22 bits per heavy atom. The highest BCUT2D eigenvalue weighted by molar-refractivity contribution is 6.31. The molecule has 1 saturated heterocycles. The zero-order valence-electron chi connectivity index (χ0n) is 14.4. The van der Waals surface area contributed by atoms with Crippen LogP contribution < -0.4 is 5.32 Å². The molecule has 0 atom stereocenters. The summed E-state index contributed by atoms with van der Waals surface area (Å²) in [5, 5.41) is 17.4. The number of carbonyl (C=O) groups is 2. The Kier molecular flexibility index (Phi) is 5.70. The van der Waals surface area contributed by atoms with Gasteiger partial charge in [-0.1, -0.05) is 11.6 Å². The van der Waals surface area contributed by atoms with Crippen LogP contribution in [0.2, 0.25) is 5.02 Å². The summed E-state index contributed by atoms with van der Waals surface area (Å²) in [4.78, 5) is 36.9. The van der Waals surface area contributed by atoms with Gasteiger partial charge in [-0.2, -0.15) is 4.68 Å². The van der Waals surface area contributed by atoms with Crippen molar-refractivity contribution >= 4 is 34.9 Å². The van der Waals surface area contributed by atoms with E-state index in [9.17, 15) is 19.7 Å². The first kappa shape index (κ1) is 18.8. The number of aromatic nitrogens is 2. The van der Waals surface area contributed by atoms with E-state index in [1.807, 2.05) is 0 Å². The van der Waals surface area contributed by atoms with Crippen LogP contribution in [0.15, 0.2) is 30.5 Å². The number of carbonyl (C=O) groups excluding carboxylic acids is 2. The van der Waals surface area contributed by atoms with Gasteiger partial charge in [0.15, 0.2) is 0 Å². The number of piperidine rings is 1. The third kappa shape index (κ3) is 4.62. The maximum Gasteiger partial charge on any atom is 0.389 e. The normalized spacial score (nSPS) is 14.0. The lowest BCUT2D eigenvalue weighted by Gasteiger charge is -2.27. The van der Waals surface area contributed by atoms with Crippen LogP contribution in [0.1, 0.15) is 29.6 Å². The predicted molar refractivity (Wildman–Crippen MR) is 98.7 cm³/mol. The second-order valence-corrected chi connectivity index (χ2v) is 6.66. The Labute approximate surface area is 160 Å². The van der Waals surface area contributed by atoms with E-state index < -0.39 is 10.8 Å². The van der Waals surface area contributed by atoms with E-state index in [-0.39, 0.29) is 18.3 Å². The van der Waals surface area contributed by atoms with Crippen molar-refractivity contribution in [3.05, 3.63) is 51.2 Å². The number of hydrogen-bond donors (Lipinski definition) is 1. The molecule has 1 aromatic carbocycles. The first-order valence-corrected chi connectivity index (χ1v) is 8.88. The molecule has 0 unspecified atom stereocenters. The number of nitrogens with zero attached hydrogens (tertiary/aromatic N) is 4. The smallest absolute Gasteiger partial charge is 0.358 e. The maximum atomic E-state index is 12.8. The highest BCUT2D eigenvalue weighted by Gasteiger charge is 2.22. The zero-order valence-corrected chi connectivity index (χ0v) is 15.2. The van der Waals surface area contributed by atoms with Gasteiger partial charge in [0, 0.05) is 18.1 Å². The molecule has 0 spiro atoms. The van der Waals surface area contributed by atoms with Gasteiger partial charge in [-0.15, -0.1) is 0 Å². The molecule has 1 aliphatic rings. The third-order valence-corrected chi connectivity index (χ3v) is 4.48. The summed E-state index contributed by atoms with van der Waals surface area (Å²) in [5.41, 5.74) is 0.672.